The summed E-state index contributed by atoms with van der Waals surface area (Å²) >= 11 is 0. The Morgan fingerprint density at radius 1 is 1.53 bits per heavy atom. The summed E-state index contributed by atoms with van der Waals surface area (Å²) in [5, 5.41) is 10.5. The summed E-state index contributed by atoms with van der Waals surface area (Å²) in [4.78, 5) is 0. The molecular formula is C14H19FO2. The van der Waals surface area contributed by atoms with E-state index in [0.717, 1.165) is 11.1 Å². The molecule has 1 aliphatic heterocycles. The number of halogens is 1. The lowest BCUT2D eigenvalue weighted by Crippen LogP contribution is -2.41. The molecule has 17 heavy (non-hydrogen) atoms. The normalized spacial score (nSPS) is 29.3. The van der Waals surface area contributed by atoms with Crippen molar-refractivity contribution in [2.75, 3.05) is 6.61 Å². The minimum absolute atomic E-state index is 0.0921. The van der Waals surface area contributed by atoms with Crippen LogP contribution in [0.25, 0.3) is 0 Å². The van der Waals surface area contributed by atoms with Crippen LogP contribution in [0.3, 0.4) is 0 Å². The van der Waals surface area contributed by atoms with Crippen molar-refractivity contribution >= 4 is 0 Å². The van der Waals surface area contributed by atoms with E-state index < -0.39 is 5.60 Å². The van der Waals surface area contributed by atoms with Crippen LogP contribution >= 0.6 is 0 Å². The number of aryl methyl sites for hydroxylation is 1. The van der Waals surface area contributed by atoms with Crippen LogP contribution in [-0.2, 0) is 11.2 Å². The van der Waals surface area contributed by atoms with Crippen LogP contribution in [0.4, 0.5) is 4.39 Å². The predicted molar refractivity (Wildman–Crippen MR) is 64.4 cm³/mol. The summed E-state index contributed by atoms with van der Waals surface area (Å²) in [7, 11) is 0. The van der Waals surface area contributed by atoms with E-state index in [1.165, 1.54) is 12.1 Å². The van der Waals surface area contributed by atoms with Crippen molar-refractivity contribution in [3.63, 3.8) is 0 Å². The smallest absolute Gasteiger partial charge is 0.123 e. The van der Waals surface area contributed by atoms with E-state index in [1.807, 2.05) is 13.8 Å². The van der Waals surface area contributed by atoms with E-state index in [0.29, 0.717) is 25.9 Å². The molecule has 0 spiro atoms. The number of aliphatic hydroxyl groups is 1. The first-order valence-corrected chi connectivity index (χ1v) is 6.07. The van der Waals surface area contributed by atoms with Gasteiger partial charge in [0.1, 0.15) is 5.82 Å². The minimum Gasteiger partial charge on any atom is -0.389 e. The van der Waals surface area contributed by atoms with Gasteiger partial charge >= 0.3 is 0 Å². The van der Waals surface area contributed by atoms with Gasteiger partial charge in [-0.25, -0.2) is 4.39 Å². The van der Waals surface area contributed by atoms with Crippen LogP contribution in [-0.4, -0.2) is 23.4 Å². The average Bonchev–Trinajstić information content (AvgIpc) is 2.22. The Hall–Kier alpha value is -0.930. The van der Waals surface area contributed by atoms with Crippen molar-refractivity contribution in [3.8, 4) is 0 Å². The van der Waals surface area contributed by atoms with E-state index in [9.17, 15) is 9.50 Å². The van der Waals surface area contributed by atoms with E-state index >= 15 is 0 Å². The third-order valence-corrected chi connectivity index (χ3v) is 3.46. The zero-order valence-electron chi connectivity index (χ0n) is 10.4. The second-order valence-corrected chi connectivity index (χ2v) is 5.11. The van der Waals surface area contributed by atoms with Crippen molar-refractivity contribution in [1.82, 2.24) is 0 Å². The lowest BCUT2D eigenvalue weighted by atomic mass is 9.84. The number of hydrogen-bond acceptors (Lipinski definition) is 2. The molecule has 0 aliphatic carbocycles. The molecular weight excluding hydrogens is 219 g/mol. The zero-order chi connectivity index (χ0) is 12.5. The highest BCUT2D eigenvalue weighted by atomic mass is 19.1. The van der Waals surface area contributed by atoms with Gasteiger partial charge in [0.2, 0.25) is 0 Å². The largest absolute Gasteiger partial charge is 0.389 e. The van der Waals surface area contributed by atoms with Crippen LogP contribution < -0.4 is 0 Å². The highest BCUT2D eigenvalue weighted by Crippen LogP contribution is 2.29. The molecule has 1 aromatic rings. The monoisotopic (exact) mass is 238 g/mol. The van der Waals surface area contributed by atoms with Gasteiger partial charge in [0.25, 0.3) is 0 Å². The first-order valence-electron chi connectivity index (χ1n) is 6.07. The minimum atomic E-state index is -0.708. The lowest BCUT2D eigenvalue weighted by molar-refractivity contribution is -0.0961. The maximum absolute atomic E-state index is 13.0. The van der Waals surface area contributed by atoms with Gasteiger partial charge in [0.05, 0.1) is 11.7 Å². The standard InChI is InChI=1S/C14H19FO2/c1-10-7-13(15)4-3-12(10)9-14(16)5-6-17-11(2)8-14/h3-4,7,11,16H,5-6,8-9H2,1-2H3. The summed E-state index contributed by atoms with van der Waals surface area (Å²) in [5.74, 6) is -0.224. The molecule has 0 aromatic heterocycles. The zero-order valence-corrected chi connectivity index (χ0v) is 10.4. The van der Waals surface area contributed by atoms with Gasteiger partial charge in [-0.3, -0.25) is 0 Å². The van der Waals surface area contributed by atoms with Crippen molar-refractivity contribution in [3.05, 3.63) is 35.1 Å². The maximum Gasteiger partial charge on any atom is 0.123 e. The molecule has 0 bridgehead atoms. The molecule has 0 radical (unpaired) electrons. The Morgan fingerprint density at radius 3 is 2.94 bits per heavy atom. The molecule has 0 amide bonds. The van der Waals surface area contributed by atoms with Crippen molar-refractivity contribution in [2.24, 2.45) is 0 Å². The van der Waals surface area contributed by atoms with Gasteiger partial charge in [0.15, 0.2) is 0 Å². The van der Waals surface area contributed by atoms with E-state index in [-0.39, 0.29) is 11.9 Å². The van der Waals surface area contributed by atoms with Crippen LogP contribution in [0.2, 0.25) is 0 Å². The average molecular weight is 238 g/mol. The van der Waals surface area contributed by atoms with Gasteiger partial charge in [-0.1, -0.05) is 6.07 Å². The van der Waals surface area contributed by atoms with Crippen LogP contribution in [0.15, 0.2) is 18.2 Å². The molecule has 2 atom stereocenters. The van der Waals surface area contributed by atoms with Gasteiger partial charge in [0, 0.05) is 19.4 Å². The van der Waals surface area contributed by atoms with Crippen molar-refractivity contribution in [2.45, 2.75) is 44.8 Å². The third kappa shape index (κ3) is 3.05. The molecule has 0 saturated carbocycles. The summed E-state index contributed by atoms with van der Waals surface area (Å²) in [6, 6.07) is 4.73. The second-order valence-electron chi connectivity index (χ2n) is 5.11. The molecule has 94 valence electrons. The van der Waals surface area contributed by atoms with Crippen LogP contribution in [0.1, 0.15) is 30.9 Å². The molecule has 1 heterocycles. The predicted octanol–water partition coefficient (Wildman–Crippen LogP) is 2.61. The Labute approximate surface area is 101 Å². The number of rotatable bonds is 2. The lowest BCUT2D eigenvalue weighted by Gasteiger charge is -2.36. The SMILES string of the molecule is Cc1cc(F)ccc1CC1(O)CCOC(C)C1. The first kappa shape index (κ1) is 12.5. The molecule has 2 nitrogen and oxygen atoms in total. The van der Waals surface area contributed by atoms with Crippen molar-refractivity contribution in [1.29, 1.82) is 0 Å². The summed E-state index contributed by atoms with van der Waals surface area (Å²) < 4.78 is 18.4. The topological polar surface area (TPSA) is 29.5 Å². The molecule has 1 saturated heterocycles. The Morgan fingerprint density at radius 2 is 2.29 bits per heavy atom. The number of benzene rings is 1. The summed E-state index contributed by atoms with van der Waals surface area (Å²) in [6.45, 7) is 4.45. The Bertz CT molecular complexity index is 405. The van der Waals surface area contributed by atoms with E-state index in [4.69, 9.17) is 4.74 Å². The summed E-state index contributed by atoms with van der Waals surface area (Å²) in [5.41, 5.74) is 1.21. The van der Waals surface area contributed by atoms with Gasteiger partial charge in [-0.2, -0.15) is 0 Å². The molecule has 1 aromatic carbocycles. The highest BCUT2D eigenvalue weighted by Gasteiger charge is 2.33. The van der Waals surface area contributed by atoms with Crippen LogP contribution in [0, 0.1) is 12.7 Å². The van der Waals surface area contributed by atoms with Gasteiger partial charge in [-0.05, 0) is 43.5 Å². The Balaban J connectivity index is 2.14. The summed E-state index contributed by atoms with van der Waals surface area (Å²) in [6.07, 6.45) is 1.96. The fourth-order valence-electron chi connectivity index (χ4n) is 2.52. The molecule has 3 heteroatoms. The molecule has 2 rings (SSSR count). The van der Waals surface area contributed by atoms with Crippen LogP contribution in [0.5, 0.6) is 0 Å². The number of hydrogen-bond donors (Lipinski definition) is 1. The molecule has 1 N–H and O–H groups in total. The number of ether oxygens (including phenoxy) is 1. The quantitative estimate of drug-likeness (QED) is 0.858. The van der Waals surface area contributed by atoms with Gasteiger partial charge < -0.3 is 9.84 Å². The fourth-order valence-corrected chi connectivity index (χ4v) is 2.52. The van der Waals surface area contributed by atoms with E-state index in [2.05, 4.69) is 0 Å². The Kier molecular flexibility index (Phi) is 3.50. The third-order valence-electron chi connectivity index (χ3n) is 3.46. The fraction of sp³-hybridized carbons (Fsp3) is 0.571. The molecule has 2 unspecified atom stereocenters. The highest BCUT2D eigenvalue weighted by molar-refractivity contribution is 5.28. The van der Waals surface area contributed by atoms with E-state index in [1.54, 1.807) is 6.07 Å². The maximum atomic E-state index is 13.0. The second kappa shape index (κ2) is 4.75. The van der Waals surface area contributed by atoms with Gasteiger partial charge in [-0.15, -0.1) is 0 Å². The first-order chi connectivity index (χ1) is 7.98. The van der Waals surface area contributed by atoms with Crippen molar-refractivity contribution < 1.29 is 14.2 Å². The molecule has 1 fully saturated rings. The molecule has 1 aliphatic rings.